The Kier molecular flexibility index (Phi) is 5.16. The molecule has 6 nitrogen and oxygen atoms in total. The van der Waals surface area contributed by atoms with E-state index in [1.165, 1.54) is 17.0 Å². The van der Waals surface area contributed by atoms with Crippen LogP contribution in [0.1, 0.15) is 16.2 Å². The van der Waals surface area contributed by atoms with E-state index in [0.717, 1.165) is 23.0 Å². The van der Waals surface area contributed by atoms with Crippen LogP contribution in [-0.2, 0) is 6.54 Å². The van der Waals surface area contributed by atoms with Crippen molar-refractivity contribution in [2.75, 3.05) is 4.90 Å². The van der Waals surface area contributed by atoms with Crippen molar-refractivity contribution in [3.05, 3.63) is 95.9 Å². The van der Waals surface area contributed by atoms with Gasteiger partial charge in [-0.3, -0.25) is 14.7 Å². The number of halogens is 2. The number of nitrogens with zero attached hydrogens (tertiary/aromatic N) is 4. The molecule has 0 aliphatic heterocycles. The van der Waals surface area contributed by atoms with Crippen molar-refractivity contribution in [3.8, 4) is 11.3 Å². The minimum Gasteiger partial charge on any atom is -0.355 e. The first-order chi connectivity index (χ1) is 15.6. The molecule has 0 bridgehead atoms. The number of pyridine rings is 1. The van der Waals surface area contributed by atoms with E-state index >= 15 is 0 Å². The molecule has 3 heterocycles. The smallest absolute Gasteiger partial charge is 0.282 e. The van der Waals surface area contributed by atoms with Gasteiger partial charge in [-0.25, -0.2) is 13.8 Å². The van der Waals surface area contributed by atoms with Crippen molar-refractivity contribution in [1.29, 1.82) is 0 Å². The van der Waals surface area contributed by atoms with Crippen LogP contribution in [0.25, 0.3) is 21.5 Å². The molecule has 3 aromatic heterocycles. The number of hydrogen-bond acceptors (Lipinski definition) is 6. The maximum Gasteiger partial charge on any atom is 0.282 e. The van der Waals surface area contributed by atoms with Gasteiger partial charge in [0.25, 0.3) is 5.91 Å². The number of anilines is 1. The highest BCUT2D eigenvalue weighted by atomic mass is 32.1. The molecule has 5 aromatic rings. The van der Waals surface area contributed by atoms with E-state index in [0.29, 0.717) is 16.2 Å². The minimum atomic E-state index is -0.791. The van der Waals surface area contributed by atoms with Crippen molar-refractivity contribution >= 4 is 32.6 Å². The lowest BCUT2D eigenvalue weighted by molar-refractivity contribution is 0.0976. The molecule has 0 spiro atoms. The normalized spacial score (nSPS) is 11.1. The standard InChI is InChI=1S/C23H14F2N4O2S/c24-15-10-17(25)21-20(11-15)32-23(27-21)29(13-16-8-4-5-9-26-16)22(30)18-12-19(31-28-18)14-6-2-1-3-7-14/h1-12H,13H2. The van der Waals surface area contributed by atoms with Gasteiger partial charge in [-0.2, -0.15) is 0 Å². The van der Waals surface area contributed by atoms with Crippen LogP contribution in [0.3, 0.4) is 0 Å². The second-order valence-corrected chi connectivity index (χ2v) is 7.89. The van der Waals surface area contributed by atoms with Crippen molar-refractivity contribution < 1.29 is 18.1 Å². The van der Waals surface area contributed by atoms with E-state index < -0.39 is 17.5 Å². The van der Waals surface area contributed by atoms with Gasteiger partial charge >= 0.3 is 0 Å². The van der Waals surface area contributed by atoms with Gasteiger partial charge in [-0.05, 0) is 18.2 Å². The number of aromatic nitrogens is 3. The number of carbonyl (C=O) groups excluding carboxylic acids is 1. The number of hydrogen-bond donors (Lipinski definition) is 0. The maximum atomic E-state index is 14.2. The number of fused-ring (bicyclic) bond motifs is 1. The molecule has 0 saturated carbocycles. The van der Waals surface area contributed by atoms with E-state index in [1.807, 2.05) is 30.3 Å². The van der Waals surface area contributed by atoms with Crippen LogP contribution in [0.2, 0.25) is 0 Å². The van der Waals surface area contributed by atoms with Gasteiger partial charge in [0.2, 0.25) is 0 Å². The van der Waals surface area contributed by atoms with Crippen molar-refractivity contribution in [2.45, 2.75) is 6.54 Å². The fourth-order valence-corrected chi connectivity index (χ4v) is 4.20. The van der Waals surface area contributed by atoms with Crippen molar-refractivity contribution in [3.63, 3.8) is 0 Å². The quantitative estimate of drug-likeness (QED) is 0.356. The van der Waals surface area contributed by atoms with E-state index in [9.17, 15) is 13.6 Å². The number of carbonyl (C=O) groups is 1. The molecular weight excluding hydrogens is 434 g/mol. The first-order valence-corrected chi connectivity index (χ1v) is 10.4. The van der Waals surface area contributed by atoms with Crippen LogP contribution < -0.4 is 4.90 Å². The van der Waals surface area contributed by atoms with Gasteiger partial charge in [0.05, 0.1) is 16.9 Å². The first-order valence-electron chi connectivity index (χ1n) is 9.58. The average Bonchev–Trinajstić information content (AvgIpc) is 3.46. The molecular formula is C23H14F2N4O2S. The zero-order valence-corrected chi connectivity index (χ0v) is 17.2. The molecule has 0 radical (unpaired) electrons. The van der Waals surface area contributed by atoms with E-state index in [-0.39, 0.29) is 22.9 Å². The summed E-state index contributed by atoms with van der Waals surface area (Å²) in [6, 6.07) is 18.0. The Bertz CT molecular complexity index is 1400. The molecule has 0 atom stereocenters. The number of benzene rings is 2. The SMILES string of the molecule is O=C(c1cc(-c2ccccc2)on1)N(Cc1ccccn1)c1nc2c(F)cc(F)cc2s1. The zero-order valence-electron chi connectivity index (χ0n) is 16.4. The molecule has 9 heteroatoms. The molecule has 0 fully saturated rings. The number of amides is 1. The topological polar surface area (TPSA) is 72.1 Å². The third-order valence-electron chi connectivity index (χ3n) is 4.71. The predicted molar refractivity (Wildman–Crippen MR) is 116 cm³/mol. The molecule has 0 aliphatic carbocycles. The largest absolute Gasteiger partial charge is 0.355 e. The number of rotatable bonds is 5. The van der Waals surface area contributed by atoms with E-state index in [2.05, 4.69) is 15.1 Å². The van der Waals surface area contributed by atoms with Gasteiger partial charge < -0.3 is 4.52 Å². The van der Waals surface area contributed by atoms with Gasteiger partial charge in [0, 0.05) is 23.9 Å². The summed E-state index contributed by atoms with van der Waals surface area (Å²) in [5.74, 6) is -1.57. The molecule has 158 valence electrons. The Morgan fingerprint density at radius 2 is 1.84 bits per heavy atom. The molecule has 0 unspecified atom stereocenters. The summed E-state index contributed by atoms with van der Waals surface area (Å²) >= 11 is 1.01. The summed E-state index contributed by atoms with van der Waals surface area (Å²) in [4.78, 5) is 23.2. The van der Waals surface area contributed by atoms with E-state index in [1.54, 1.807) is 24.4 Å². The Labute approximate surface area is 184 Å². The van der Waals surface area contributed by atoms with Crippen molar-refractivity contribution in [2.24, 2.45) is 0 Å². The lowest BCUT2D eigenvalue weighted by Crippen LogP contribution is -2.31. The zero-order chi connectivity index (χ0) is 22.1. The first kappa shape index (κ1) is 20.0. The second kappa shape index (κ2) is 8.27. The summed E-state index contributed by atoms with van der Waals surface area (Å²) in [6.07, 6.45) is 1.61. The van der Waals surface area contributed by atoms with Crippen molar-refractivity contribution in [1.82, 2.24) is 15.1 Å². The lowest BCUT2D eigenvalue weighted by atomic mass is 10.1. The average molecular weight is 448 g/mol. The third-order valence-corrected chi connectivity index (χ3v) is 5.74. The predicted octanol–water partition coefficient (Wildman–Crippen LogP) is 5.47. The Balaban J connectivity index is 1.55. The molecule has 0 aliphatic rings. The van der Waals surface area contributed by atoms with Crippen LogP contribution in [0.4, 0.5) is 13.9 Å². The summed E-state index contributed by atoms with van der Waals surface area (Å²) in [6.45, 7) is 0.0666. The van der Waals surface area contributed by atoms with Gasteiger partial charge in [-0.15, -0.1) is 0 Å². The highest BCUT2D eigenvalue weighted by Crippen LogP contribution is 2.33. The van der Waals surface area contributed by atoms with E-state index in [4.69, 9.17) is 4.52 Å². The second-order valence-electron chi connectivity index (χ2n) is 6.89. The van der Waals surface area contributed by atoms with Crippen LogP contribution in [-0.4, -0.2) is 21.0 Å². The monoisotopic (exact) mass is 448 g/mol. The lowest BCUT2D eigenvalue weighted by Gasteiger charge is -2.18. The molecule has 1 amide bonds. The van der Waals surface area contributed by atoms with Gasteiger partial charge in [-0.1, -0.05) is 52.9 Å². The van der Waals surface area contributed by atoms with Gasteiger partial charge in [0.15, 0.2) is 22.4 Å². The van der Waals surface area contributed by atoms with Gasteiger partial charge in [0.1, 0.15) is 11.3 Å². The van der Waals surface area contributed by atoms with Crippen LogP contribution >= 0.6 is 11.3 Å². The van der Waals surface area contributed by atoms with Crippen LogP contribution in [0.15, 0.2) is 77.4 Å². The summed E-state index contributed by atoms with van der Waals surface area (Å²) in [5.41, 5.74) is 1.42. The number of thiazole rings is 1. The van der Waals surface area contributed by atoms with Crippen LogP contribution in [0.5, 0.6) is 0 Å². The molecule has 5 rings (SSSR count). The third kappa shape index (κ3) is 3.85. The molecule has 0 saturated heterocycles. The van der Waals surface area contributed by atoms with Crippen LogP contribution in [0, 0.1) is 11.6 Å². The maximum absolute atomic E-state index is 14.2. The highest BCUT2D eigenvalue weighted by molar-refractivity contribution is 7.22. The fraction of sp³-hybridized carbons (Fsp3) is 0.0435. The Hall–Kier alpha value is -3.98. The summed E-state index contributed by atoms with van der Waals surface area (Å²) in [5, 5.41) is 4.12. The minimum absolute atomic E-state index is 0.00431. The molecule has 0 N–H and O–H groups in total. The fourth-order valence-electron chi connectivity index (χ4n) is 3.19. The Morgan fingerprint density at radius 3 is 2.62 bits per heavy atom. The highest BCUT2D eigenvalue weighted by Gasteiger charge is 2.26. The summed E-state index contributed by atoms with van der Waals surface area (Å²) in [7, 11) is 0. The molecule has 32 heavy (non-hydrogen) atoms. The Morgan fingerprint density at radius 1 is 1.03 bits per heavy atom. The molecule has 2 aromatic carbocycles. The summed E-state index contributed by atoms with van der Waals surface area (Å²) < 4.78 is 33.6.